The molecule has 0 spiro atoms. The zero-order valence-corrected chi connectivity index (χ0v) is 19.7. The molecule has 0 nitrogen and oxygen atoms in total. The minimum absolute atomic E-state index is 1.29. The van der Waals surface area contributed by atoms with Crippen molar-refractivity contribution in [1.82, 2.24) is 0 Å². The van der Waals surface area contributed by atoms with Crippen LogP contribution in [0.25, 0.3) is 20.2 Å². The summed E-state index contributed by atoms with van der Waals surface area (Å²) in [5.41, 5.74) is 1.69. The van der Waals surface area contributed by atoms with Gasteiger partial charge in [-0.25, -0.2) is 0 Å². The summed E-state index contributed by atoms with van der Waals surface area (Å²) in [6, 6.07) is 7.04. The Bertz CT molecular complexity index is 824. The molecule has 0 unspecified atom stereocenters. The van der Waals surface area contributed by atoms with E-state index in [1.807, 2.05) is 11.3 Å². The highest BCUT2D eigenvalue weighted by Gasteiger charge is 2.14. The Morgan fingerprint density at radius 3 is 2.00 bits per heavy atom. The maximum absolute atomic E-state index is 2.41. The highest BCUT2D eigenvalue weighted by molar-refractivity contribution is 7.26. The molecule has 0 aliphatic rings. The zero-order chi connectivity index (χ0) is 19.6. The molecule has 28 heavy (non-hydrogen) atoms. The zero-order valence-electron chi connectivity index (χ0n) is 18.0. The average molecular weight is 415 g/mol. The molecule has 0 aliphatic carbocycles. The van der Waals surface area contributed by atoms with E-state index in [1.54, 1.807) is 20.5 Å². The minimum Gasteiger partial charge on any atom is -0.142 e. The molecule has 0 fully saturated rings. The van der Waals surface area contributed by atoms with Crippen LogP contribution in [0.2, 0.25) is 0 Å². The molecule has 154 valence electrons. The van der Waals surface area contributed by atoms with Crippen LogP contribution in [0.4, 0.5) is 0 Å². The molecular weight excluding hydrogens is 376 g/mol. The van der Waals surface area contributed by atoms with E-state index < -0.39 is 0 Å². The maximum atomic E-state index is 2.41. The third-order valence-electron chi connectivity index (χ3n) is 6.00. The second-order valence-electron chi connectivity index (χ2n) is 8.32. The number of hydrogen-bond acceptors (Lipinski definition) is 2. The molecule has 1 aromatic carbocycles. The predicted octanol–water partition coefficient (Wildman–Crippen LogP) is 9.92. The third-order valence-corrected chi connectivity index (χ3v) is 8.40. The summed E-state index contributed by atoms with van der Waals surface area (Å²) >= 11 is 4.03. The number of fused-ring (bicyclic) bond motifs is 3. The molecule has 0 N–H and O–H groups in total. The summed E-state index contributed by atoms with van der Waals surface area (Å²) in [5, 5.41) is 5.25. The van der Waals surface area contributed by atoms with Crippen molar-refractivity contribution in [3.05, 3.63) is 34.0 Å². The first kappa shape index (κ1) is 21.8. The normalized spacial score (nSPS) is 11.8. The first-order chi connectivity index (χ1) is 13.8. The Hall–Kier alpha value is -0.860. The fraction of sp³-hybridized carbons (Fsp3) is 0.615. The van der Waals surface area contributed by atoms with Crippen LogP contribution in [-0.4, -0.2) is 0 Å². The van der Waals surface area contributed by atoms with Crippen molar-refractivity contribution in [2.24, 2.45) is 0 Å². The Kier molecular flexibility index (Phi) is 9.34. The predicted molar refractivity (Wildman–Crippen MR) is 131 cm³/mol. The molecule has 0 amide bonds. The smallest absolute Gasteiger partial charge is 0.0526 e. The largest absolute Gasteiger partial charge is 0.142 e. The number of rotatable bonds is 14. The molecule has 3 rings (SSSR count). The van der Waals surface area contributed by atoms with Crippen molar-refractivity contribution in [2.75, 3.05) is 0 Å². The Labute approximate surface area is 180 Å². The molecule has 0 radical (unpaired) electrons. The summed E-state index contributed by atoms with van der Waals surface area (Å²) in [7, 11) is 0. The van der Waals surface area contributed by atoms with Crippen LogP contribution >= 0.6 is 22.7 Å². The second-order valence-corrected chi connectivity index (χ2v) is 10.3. The molecule has 2 aromatic heterocycles. The van der Waals surface area contributed by atoms with Crippen molar-refractivity contribution < 1.29 is 0 Å². The number of benzene rings is 1. The molecular formula is C26H38S2. The van der Waals surface area contributed by atoms with Crippen molar-refractivity contribution in [2.45, 2.75) is 104 Å². The van der Waals surface area contributed by atoms with Gasteiger partial charge in [0.15, 0.2) is 0 Å². The van der Waals surface area contributed by atoms with E-state index in [0.29, 0.717) is 0 Å². The SMILES string of the molecule is CCCCCCCCc1sc2c(ccc3ccsc32)c1CCCCCCCC. The molecule has 2 heterocycles. The average Bonchev–Trinajstić information content (AvgIpc) is 3.31. The summed E-state index contributed by atoms with van der Waals surface area (Å²) in [6.07, 6.45) is 19.3. The van der Waals surface area contributed by atoms with Crippen LogP contribution in [0.1, 0.15) is 101 Å². The highest BCUT2D eigenvalue weighted by Crippen LogP contribution is 2.40. The number of thiophene rings is 2. The van der Waals surface area contributed by atoms with Gasteiger partial charge in [0.05, 0.1) is 9.40 Å². The molecule has 0 aliphatic heterocycles. The van der Waals surface area contributed by atoms with E-state index >= 15 is 0 Å². The molecule has 2 heteroatoms. The topological polar surface area (TPSA) is 0 Å². The number of unbranched alkanes of at least 4 members (excludes halogenated alkanes) is 10. The highest BCUT2D eigenvalue weighted by atomic mass is 32.1. The van der Waals surface area contributed by atoms with Crippen LogP contribution in [0.3, 0.4) is 0 Å². The van der Waals surface area contributed by atoms with Crippen molar-refractivity contribution in [1.29, 1.82) is 0 Å². The van der Waals surface area contributed by atoms with Crippen molar-refractivity contribution in [3.8, 4) is 0 Å². The van der Waals surface area contributed by atoms with Gasteiger partial charge in [0, 0.05) is 4.88 Å². The van der Waals surface area contributed by atoms with E-state index in [-0.39, 0.29) is 0 Å². The fourth-order valence-corrected chi connectivity index (χ4v) is 6.75. The van der Waals surface area contributed by atoms with Crippen molar-refractivity contribution in [3.63, 3.8) is 0 Å². The summed E-state index contributed by atoms with van der Waals surface area (Å²) in [5.74, 6) is 0. The van der Waals surface area contributed by atoms with Gasteiger partial charge in [-0.1, -0.05) is 90.2 Å². The Morgan fingerprint density at radius 2 is 1.29 bits per heavy atom. The van der Waals surface area contributed by atoms with Crippen LogP contribution in [0.15, 0.2) is 23.6 Å². The minimum atomic E-state index is 1.29. The van der Waals surface area contributed by atoms with E-state index in [4.69, 9.17) is 0 Å². The van der Waals surface area contributed by atoms with Crippen molar-refractivity contribution >= 4 is 42.8 Å². The lowest BCUT2D eigenvalue weighted by Crippen LogP contribution is -1.92. The quantitative estimate of drug-likeness (QED) is 0.230. The van der Waals surface area contributed by atoms with Crippen LogP contribution < -0.4 is 0 Å². The molecule has 0 saturated heterocycles. The van der Waals surface area contributed by atoms with E-state index in [1.165, 1.54) is 100.0 Å². The van der Waals surface area contributed by atoms with Gasteiger partial charge in [0.2, 0.25) is 0 Å². The summed E-state index contributed by atoms with van der Waals surface area (Å²) < 4.78 is 3.08. The van der Waals surface area contributed by atoms with E-state index in [2.05, 4.69) is 48.8 Å². The molecule has 3 aromatic rings. The molecule has 0 saturated carbocycles. The van der Waals surface area contributed by atoms with E-state index in [0.717, 1.165) is 0 Å². The monoisotopic (exact) mass is 414 g/mol. The fourth-order valence-electron chi connectivity index (χ4n) is 4.30. The standard InChI is InChI=1S/C26H38S2/c1-3-5-7-9-11-13-15-22-23-18-17-21-19-20-27-25(21)26(23)28-24(22)16-14-12-10-8-6-4-2/h17-20H,3-16H2,1-2H3. The first-order valence-electron chi connectivity index (χ1n) is 11.8. The van der Waals surface area contributed by atoms with Crippen LogP contribution in [0.5, 0.6) is 0 Å². The lowest BCUT2D eigenvalue weighted by Gasteiger charge is -2.06. The first-order valence-corrected chi connectivity index (χ1v) is 13.4. The molecule has 0 atom stereocenters. The number of aryl methyl sites for hydroxylation is 2. The second kappa shape index (κ2) is 12.0. The summed E-state index contributed by atoms with van der Waals surface area (Å²) in [4.78, 5) is 1.69. The van der Waals surface area contributed by atoms with Gasteiger partial charge in [0.1, 0.15) is 0 Å². The van der Waals surface area contributed by atoms with Gasteiger partial charge in [-0.2, -0.15) is 0 Å². The van der Waals surface area contributed by atoms with Gasteiger partial charge in [-0.3, -0.25) is 0 Å². The lowest BCUT2D eigenvalue weighted by atomic mass is 9.99. The van der Waals surface area contributed by atoms with E-state index in [9.17, 15) is 0 Å². The lowest BCUT2D eigenvalue weighted by molar-refractivity contribution is 0.601. The molecule has 0 bridgehead atoms. The van der Waals surface area contributed by atoms with Gasteiger partial charge >= 0.3 is 0 Å². The van der Waals surface area contributed by atoms with Crippen LogP contribution in [-0.2, 0) is 12.8 Å². The Morgan fingerprint density at radius 1 is 0.643 bits per heavy atom. The van der Waals surface area contributed by atoms with Gasteiger partial charge in [-0.15, -0.1) is 22.7 Å². The van der Waals surface area contributed by atoms with Gasteiger partial charge in [0.25, 0.3) is 0 Å². The number of hydrogen-bond donors (Lipinski definition) is 0. The van der Waals surface area contributed by atoms with Crippen LogP contribution in [0, 0.1) is 0 Å². The Balaban J connectivity index is 1.68. The third kappa shape index (κ3) is 5.83. The van der Waals surface area contributed by atoms with Gasteiger partial charge < -0.3 is 0 Å². The maximum Gasteiger partial charge on any atom is 0.0526 e. The van der Waals surface area contributed by atoms with Gasteiger partial charge in [-0.05, 0) is 53.5 Å². The summed E-state index contributed by atoms with van der Waals surface area (Å²) in [6.45, 7) is 4.61.